The minimum absolute atomic E-state index is 0.172. The number of hydrogen-bond donors (Lipinski definition) is 1. The molecule has 0 saturated carbocycles. The lowest BCUT2D eigenvalue weighted by molar-refractivity contribution is -0.118. The molecule has 0 spiro atoms. The van der Waals surface area contributed by atoms with E-state index in [1.807, 2.05) is 31.2 Å². The number of nitrogens with zero attached hydrogens (tertiary/aromatic N) is 2. The van der Waals surface area contributed by atoms with Crippen molar-refractivity contribution in [2.45, 2.75) is 39.2 Å². The second kappa shape index (κ2) is 7.79. The van der Waals surface area contributed by atoms with Gasteiger partial charge in [-0.3, -0.25) is 9.79 Å². The lowest BCUT2D eigenvalue weighted by Gasteiger charge is -2.12. The Morgan fingerprint density at radius 3 is 2.80 bits per heavy atom. The van der Waals surface area contributed by atoms with Gasteiger partial charge in [0.05, 0.1) is 12.1 Å². The molecule has 1 aliphatic heterocycles. The topological polar surface area (TPSA) is 54.4 Å². The van der Waals surface area contributed by atoms with Crippen LogP contribution in [0, 0.1) is 0 Å². The molecule has 1 atom stereocenters. The van der Waals surface area contributed by atoms with Crippen LogP contribution in [0.15, 0.2) is 41.4 Å². The van der Waals surface area contributed by atoms with Gasteiger partial charge in [0, 0.05) is 25.1 Å². The van der Waals surface area contributed by atoms with E-state index >= 15 is 0 Å². The average molecular weight is 356 g/mol. The van der Waals surface area contributed by atoms with Gasteiger partial charge in [-0.2, -0.15) is 0 Å². The molecule has 1 N–H and O–H groups in total. The van der Waals surface area contributed by atoms with E-state index in [9.17, 15) is 4.79 Å². The number of Topliss-reactive ketones (excluding diaryl/α,β-unsaturated/α-hetero) is 1. The van der Waals surface area contributed by atoms with E-state index in [2.05, 4.69) is 34.3 Å². The van der Waals surface area contributed by atoms with Crippen molar-refractivity contribution in [1.82, 2.24) is 10.3 Å². The Bertz CT molecular complexity index is 802. The lowest BCUT2D eigenvalue weighted by atomic mass is 9.94. The summed E-state index contributed by atoms with van der Waals surface area (Å²) in [6, 6.07) is 12.1. The molecule has 0 saturated heterocycles. The molecule has 1 aromatic heterocycles. The van der Waals surface area contributed by atoms with Crippen molar-refractivity contribution in [1.29, 1.82) is 0 Å². The summed E-state index contributed by atoms with van der Waals surface area (Å²) >= 11 is 6.35. The molecule has 25 heavy (non-hydrogen) atoms. The Kier molecular flexibility index (Phi) is 5.49. The zero-order valence-electron chi connectivity index (χ0n) is 14.6. The van der Waals surface area contributed by atoms with Gasteiger partial charge in [-0.15, -0.1) is 0 Å². The first-order valence-electron chi connectivity index (χ1n) is 8.62. The first-order chi connectivity index (χ1) is 12.1. The molecule has 0 radical (unpaired) electrons. The van der Waals surface area contributed by atoms with Gasteiger partial charge >= 0.3 is 0 Å². The van der Waals surface area contributed by atoms with Crippen molar-refractivity contribution in [3.8, 4) is 0 Å². The molecular weight excluding hydrogens is 334 g/mol. The van der Waals surface area contributed by atoms with Crippen LogP contribution in [0.25, 0.3) is 0 Å². The molecule has 5 heteroatoms. The van der Waals surface area contributed by atoms with Gasteiger partial charge in [-0.25, -0.2) is 4.98 Å². The van der Waals surface area contributed by atoms with Crippen molar-refractivity contribution >= 4 is 23.2 Å². The Labute approximate surface area is 153 Å². The Morgan fingerprint density at radius 2 is 2.08 bits per heavy atom. The standard InChI is InChI=1S/C20H22ClN3O/c1-3-22-20-18-15(12-23-20)10-16(24-19(18)21)11-17(25)9-13(2)14-7-5-4-6-8-14/h4-8,10,13H,3,9,11-12H2,1-2H3,(H,22,23)/t13-/m0/s1. The van der Waals surface area contributed by atoms with Crippen molar-refractivity contribution in [3.05, 3.63) is 63.9 Å². The zero-order valence-corrected chi connectivity index (χ0v) is 15.3. The molecule has 2 heterocycles. The molecule has 1 aromatic carbocycles. The monoisotopic (exact) mass is 355 g/mol. The highest BCUT2D eigenvalue weighted by molar-refractivity contribution is 6.33. The van der Waals surface area contributed by atoms with Crippen LogP contribution in [0.1, 0.15) is 48.6 Å². The highest BCUT2D eigenvalue weighted by Crippen LogP contribution is 2.26. The largest absolute Gasteiger partial charge is 0.370 e. The predicted molar refractivity (Wildman–Crippen MR) is 101 cm³/mol. The SMILES string of the molecule is CCNC1=NCc2cc(CC(=O)C[C@H](C)c3ccccc3)nc(Cl)c21. The van der Waals surface area contributed by atoms with Crippen molar-refractivity contribution in [2.24, 2.45) is 4.99 Å². The smallest absolute Gasteiger partial charge is 0.140 e. The quantitative estimate of drug-likeness (QED) is 0.799. The molecule has 130 valence electrons. The van der Waals surface area contributed by atoms with Crippen molar-refractivity contribution in [3.63, 3.8) is 0 Å². The highest BCUT2D eigenvalue weighted by Gasteiger charge is 2.22. The fourth-order valence-corrected chi connectivity index (χ4v) is 3.47. The third-order valence-corrected chi connectivity index (χ3v) is 4.65. The van der Waals surface area contributed by atoms with Crippen LogP contribution in [-0.4, -0.2) is 23.1 Å². The molecule has 4 nitrogen and oxygen atoms in total. The van der Waals surface area contributed by atoms with Gasteiger partial charge in [0.1, 0.15) is 16.8 Å². The number of pyridine rings is 1. The third kappa shape index (κ3) is 4.07. The van der Waals surface area contributed by atoms with Gasteiger partial charge in [0.25, 0.3) is 0 Å². The number of hydrogen-bond acceptors (Lipinski definition) is 4. The van der Waals surface area contributed by atoms with Crippen LogP contribution in [0.3, 0.4) is 0 Å². The number of carbonyl (C=O) groups is 1. The number of aromatic nitrogens is 1. The highest BCUT2D eigenvalue weighted by atomic mass is 35.5. The first-order valence-corrected chi connectivity index (χ1v) is 9.00. The first kappa shape index (κ1) is 17.6. The Balaban J connectivity index is 1.68. The Morgan fingerprint density at radius 1 is 1.32 bits per heavy atom. The van der Waals surface area contributed by atoms with Gasteiger partial charge in [0.2, 0.25) is 0 Å². The molecule has 2 aromatic rings. The van der Waals surface area contributed by atoms with Crippen LogP contribution in [-0.2, 0) is 17.8 Å². The van der Waals surface area contributed by atoms with E-state index in [4.69, 9.17) is 11.6 Å². The minimum atomic E-state index is 0.172. The number of carbonyl (C=O) groups excluding carboxylic acids is 1. The molecule has 1 aliphatic rings. The van der Waals surface area contributed by atoms with Crippen molar-refractivity contribution in [2.75, 3.05) is 6.54 Å². The second-order valence-electron chi connectivity index (χ2n) is 6.36. The van der Waals surface area contributed by atoms with Crippen LogP contribution in [0.4, 0.5) is 0 Å². The van der Waals surface area contributed by atoms with Gasteiger partial charge < -0.3 is 5.32 Å². The van der Waals surface area contributed by atoms with Gasteiger partial charge in [-0.1, -0.05) is 48.9 Å². The predicted octanol–water partition coefficient (Wildman–Crippen LogP) is 3.91. The van der Waals surface area contributed by atoms with Gasteiger partial charge in [-0.05, 0) is 30.0 Å². The summed E-state index contributed by atoms with van der Waals surface area (Å²) in [6.45, 7) is 5.46. The molecule has 0 amide bonds. The minimum Gasteiger partial charge on any atom is -0.370 e. The summed E-state index contributed by atoms with van der Waals surface area (Å²) in [5.74, 6) is 1.17. The maximum atomic E-state index is 12.5. The Hall–Kier alpha value is -2.20. The van der Waals surface area contributed by atoms with E-state index in [1.54, 1.807) is 0 Å². The summed E-state index contributed by atoms with van der Waals surface area (Å²) < 4.78 is 0. The molecular formula is C20H22ClN3O. The van der Waals surface area contributed by atoms with Crippen LogP contribution >= 0.6 is 11.6 Å². The van der Waals surface area contributed by atoms with Crippen LogP contribution < -0.4 is 5.32 Å². The molecule has 0 unspecified atom stereocenters. The maximum Gasteiger partial charge on any atom is 0.140 e. The van der Waals surface area contributed by atoms with E-state index in [0.29, 0.717) is 24.5 Å². The lowest BCUT2D eigenvalue weighted by Crippen LogP contribution is -2.23. The summed E-state index contributed by atoms with van der Waals surface area (Å²) in [5.41, 5.74) is 3.81. The number of benzene rings is 1. The van der Waals surface area contributed by atoms with Crippen molar-refractivity contribution < 1.29 is 4.79 Å². The molecule has 0 bridgehead atoms. The van der Waals surface area contributed by atoms with Gasteiger partial charge in [0.15, 0.2) is 0 Å². The number of aliphatic imine (C=N–C) groups is 1. The normalized spacial score (nSPS) is 14.0. The average Bonchev–Trinajstić information content (AvgIpc) is 2.99. The fraction of sp³-hybridized carbons (Fsp3) is 0.350. The number of ketones is 1. The van der Waals surface area contributed by atoms with Crippen LogP contribution in [0.2, 0.25) is 5.15 Å². The molecule has 0 fully saturated rings. The van der Waals surface area contributed by atoms with E-state index < -0.39 is 0 Å². The number of fused-ring (bicyclic) bond motifs is 1. The number of nitrogens with one attached hydrogen (secondary N) is 1. The third-order valence-electron chi connectivity index (χ3n) is 4.38. The summed E-state index contributed by atoms with van der Waals surface area (Å²) in [4.78, 5) is 21.3. The van der Waals surface area contributed by atoms with E-state index in [1.165, 1.54) is 5.56 Å². The van der Waals surface area contributed by atoms with Crippen LogP contribution in [0.5, 0.6) is 0 Å². The number of halogens is 1. The fourth-order valence-electron chi connectivity index (χ4n) is 3.16. The zero-order chi connectivity index (χ0) is 17.8. The van der Waals surface area contributed by atoms with E-state index in [-0.39, 0.29) is 11.7 Å². The number of amidine groups is 1. The van der Waals surface area contributed by atoms with E-state index in [0.717, 1.165) is 29.2 Å². The summed E-state index contributed by atoms with van der Waals surface area (Å²) in [6.07, 6.45) is 0.806. The molecule has 0 aliphatic carbocycles. The maximum absolute atomic E-state index is 12.5. The number of rotatable bonds is 6. The molecule has 3 rings (SSSR count). The second-order valence-corrected chi connectivity index (χ2v) is 6.72. The summed E-state index contributed by atoms with van der Waals surface area (Å²) in [5, 5.41) is 3.63. The summed E-state index contributed by atoms with van der Waals surface area (Å²) in [7, 11) is 0.